The van der Waals surface area contributed by atoms with Crippen molar-refractivity contribution in [1.29, 1.82) is 0 Å². The normalized spacial score (nSPS) is 23.5. The van der Waals surface area contributed by atoms with E-state index in [0.717, 1.165) is 4.47 Å². The molecule has 2 unspecified atom stereocenters. The number of hydrazine groups is 1. The predicted molar refractivity (Wildman–Crippen MR) is 71.1 cm³/mol. The number of benzene rings is 1. The van der Waals surface area contributed by atoms with E-state index >= 15 is 0 Å². The van der Waals surface area contributed by atoms with Gasteiger partial charge in [0, 0.05) is 23.4 Å². The van der Waals surface area contributed by atoms with Gasteiger partial charge in [-0.1, -0.05) is 15.9 Å². The molecule has 0 saturated heterocycles. The fourth-order valence-corrected chi connectivity index (χ4v) is 3.17. The van der Waals surface area contributed by atoms with E-state index < -0.39 is 5.92 Å². The molecule has 0 amide bonds. The molecule has 0 aliphatic heterocycles. The molecule has 19 heavy (non-hydrogen) atoms. The van der Waals surface area contributed by atoms with Crippen LogP contribution in [0.15, 0.2) is 22.7 Å². The summed E-state index contributed by atoms with van der Waals surface area (Å²) in [5.41, 5.74) is 3.26. The van der Waals surface area contributed by atoms with Crippen molar-refractivity contribution >= 4 is 15.9 Å². The van der Waals surface area contributed by atoms with Gasteiger partial charge in [-0.2, -0.15) is 0 Å². The monoisotopic (exact) mass is 336 g/mol. The Morgan fingerprint density at radius 2 is 2.21 bits per heavy atom. The van der Waals surface area contributed by atoms with Crippen LogP contribution in [0.25, 0.3) is 0 Å². The van der Waals surface area contributed by atoms with E-state index in [1.165, 1.54) is 12.1 Å². The summed E-state index contributed by atoms with van der Waals surface area (Å²) in [4.78, 5) is 0. The minimum absolute atomic E-state index is 0.0702. The number of rotatable bonds is 4. The number of hydrogen-bond acceptors (Lipinski definition) is 2. The summed E-state index contributed by atoms with van der Waals surface area (Å²) in [7, 11) is 0. The minimum Gasteiger partial charge on any atom is -0.271 e. The molecular formula is C13H16BrF3N2. The smallest absolute Gasteiger partial charge is 0.248 e. The van der Waals surface area contributed by atoms with E-state index in [1.54, 1.807) is 6.07 Å². The van der Waals surface area contributed by atoms with Crippen LogP contribution in [0.4, 0.5) is 13.2 Å². The number of alkyl halides is 2. The van der Waals surface area contributed by atoms with Crippen LogP contribution in [0.1, 0.15) is 37.3 Å². The summed E-state index contributed by atoms with van der Waals surface area (Å²) in [6.07, 6.45) is 0.781. The van der Waals surface area contributed by atoms with Crippen LogP contribution in [0.3, 0.4) is 0 Å². The van der Waals surface area contributed by atoms with Gasteiger partial charge in [0.25, 0.3) is 0 Å². The van der Waals surface area contributed by atoms with Crippen molar-refractivity contribution < 1.29 is 13.2 Å². The third kappa shape index (κ3) is 3.70. The molecule has 1 aromatic rings. The Kier molecular flexibility index (Phi) is 4.53. The summed E-state index contributed by atoms with van der Waals surface area (Å²) in [6.45, 7) is 0. The molecule has 0 radical (unpaired) electrons. The predicted octanol–water partition coefficient (Wildman–Crippen LogP) is 3.92. The summed E-state index contributed by atoms with van der Waals surface area (Å²) >= 11 is 3.33. The summed E-state index contributed by atoms with van der Waals surface area (Å²) < 4.78 is 40.3. The zero-order valence-electron chi connectivity index (χ0n) is 10.3. The van der Waals surface area contributed by atoms with Crippen LogP contribution in [-0.2, 0) is 0 Å². The van der Waals surface area contributed by atoms with Gasteiger partial charge >= 0.3 is 0 Å². The van der Waals surface area contributed by atoms with Crippen molar-refractivity contribution in [2.75, 3.05) is 0 Å². The van der Waals surface area contributed by atoms with Gasteiger partial charge in [0.1, 0.15) is 5.82 Å². The molecule has 106 valence electrons. The van der Waals surface area contributed by atoms with Gasteiger partial charge in [0.05, 0.1) is 0 Å². The Labute approximate surface area is 118 Å². The molecular weight excluding hydrogens is 321 g/mol. The van der Waals surface area contributed by atoms with Crippen molar-refractivity contribution in [1.82, 2.24) is 5.43 Å². The summed E-state index contributed by atoms with van der Waals surface area (Å²) in [5, 5.41) is 0. The highest BCUT2D eigenvalue weighted by molar-refractivity contribution is 9.10. The van der Waals surface area contributed by atoms with E-state index in [1.807, 2.05) is 0 Å². The quantitative estimate of drug-likeness (QED) is 0.646. The molecule has 2 atom stereocenters. The maximum Gasteiger partial charge on any atom is 0.248 e. The lowest BCUT2D eigenvalue weighted by molar-refractivity contribution is 0.00429. The molecule has 2 rings (SSSR count). The maximum absolute atomic E-state index is 13.3. The topological polar surface area (TPSA) is 38.0 Å². The first-order valence-electron chi connectivity index (χ1n) is 6.20. The van der Waals surface area contributed by atoms with Crippen molar-refractivity contribution in [3.05, 3.63) is 34.1 Å². The Hall–Kier alpha value is -0.590. The fourth-order valence-electron chi connectivity index (χ4n) is 2.64. The first kappa shape index (κ1) is 14.8. The highest BCUT2D eigenvalue weighted by Crippen LogP contribution is 2.43. The Morgan fingerprint density at radius 3 is 2.79 bits per heavy atom. The molecule has 3 N–H and O–H groups in total. The molecule has 0 bridgehead atoms. The second-order valence-corrected chi connectivity index (χ2v) is 5.94. The number of hydrogen-bond donors (Lipinski definition) is 2. The van der Waals surface area contributed by atoms with Gasteiger partial charge in [0.15, 0.2) is 0 Å². The van der Waals surface area contributed by atoms with E-state index in [9.17, 15) is 13.2 Å². The van der Waals surface area contributed by atoms with Gasteiger partial charge in [0.2, 0.25) is 5.92 Å². The van der Waals surface area contributed by atoms with Crippen LogP contribution in [-0.4, -0.2) is 5.92 Å². The van der Waals surface area contributed by atoms with Crippen LogP contribution < -0.4 is 11.3 Å². The van der Waals surface area contributed by atoms with Gasteiger partial charge in [-0.15, -0.1) is 0 Å². The zero-order chi connectivity index (χ0) is 14.0. The van der Waals surface area contributed by atoms with Crippen molar-refractivity contribution in [3.8, 4) is 0 Å². The zero-order valence-corrected chi connectivity index (χ0v) is 11.9. The molecule has 1 aliphatic carbocycles. The van der Waals surface area contributed by atoms with E-state index in [4.69, 9.17) is 5.84 Å². The third-order valence-corrected chi connectivity index (χ3v) is 4.33. The molecule has 0 spiro atoms. The number of nitrogens with two attached hydrogens (primary N) is 1. The van der Waals surface area contributed by atoms with Crippen molar-refractivity contribution in [2.24, 2.45) is 11.8 Å². The molecule has 0 aromatic heterocycles. The average molecular weight is 337 g/mol. The van der Waals surface area contributed by atoms with Crippen LogP contribution in [0.5, 0.6) is 0 Å². The standard InChI is InChI=1S/C13H16BrF3N2/c14-11-2-1-9(15)6-10(11)12(19-18)5-8-3-4-13(16,17)7-8/h1-2,6,8,12,19H,3-5,7,18H2. The SMILES string of the molecule is NNC(CC1CCC(F)(F)C1)c1cc(F)ccc1Br. The Bertz CT molecular complexity index is 454. The highest BCUT2D eigenvalue weighted by atomic mass is 79.9. The molecule has 1 fully saturated rings. The number of halogens is 4. The number of nitrogens with one attached hydrogen (secondary N) is 1. The van der Waals surface area contributed by atoms with Gasteiger partial charge in [-0.3, -0.25) is 11.3 Å². The second-order valence-electron chi connectivity index (χ2n) is 5.09. The van der Waals surface area contributed by atoms with Crippen LogP contribution in [0.2, 0.25) is 0 Å². The van der Waals surface area contributed by atoms with Gasteiger partial charge in [-0.25, -0.2) is 13.2 Å². The first-order valence-corrected chi connectivity index (χ1v) is 6.99. The Balaban J connectivity index is 2.10. The van der Waals surface area contributed by atoms with Gasteiger partial charge in [-0.05, 0) is 42.5 Å². The van der Waals surface area contributed by atoms with E-state index in [2.05, 4.69) is 21.4 Å². The molecule has 0 heterocycles. The fraction of sp³-hybridized carbons (Fsp3) is 0.538. The average Bonchev–Trinajstić information content (AvgIpc) is 2.69. The van der Waals surface area contributed by atoms with Crippen molar-refractivity contribution in [2.45, 2.75) is 37.6 Å². The van der Waals surface area contributed by atoms with Crippen LogP contribution >= 0.6 is 15.9 Å². The lowest BCUT2D eigenvalue weighted by Gasteiger charge is -2.21. The van der Waals surface area contributed by atoms with Crippen molar-refractivity contribution in [3.63, 3.8) is 0 Å². The molecule has 1 aliphatic rings. The summed E-state index contributed by atoms with van der Waals surface area (Å²) in [5.74, 6) is 2.47. The molecule has 2 nitrogen and oxygen atoms in total. The first-order chi connectivity index (χ1) is 8.91. The highest BCUT2D eigenvalue weighted by Gasteiger charge is 2.40. The van der Waals surface area contributed by atoms with E-state index in [-0.39, 0.29) is 30.6 Å². The lowest BCUT2D eigenvalue weighted by atomic mass is 9.94. The molecule has 1 saturated carbocycles. The molecule has 6 heteroatoms. The largest absolute Gasteiger partial charge is 0.271 e. The lowest BCUT2D eigenvalue weighted by Crippen LogP contribution is -2.30. The minimum atomic E-state index is -2.57. The summed E-state index contributed by atoms with van der Waals surface area (Å²) in [6, 6.07) is 3.98. The third-order valence-electron chi connectivity index (χ3n) is 3.61. The van der Waals surface area contributed by atoms with Gasteiger partial charge < -0.3 is 0 Å². The van der Waals surface area contributed by atoms with E-state index in [0.29, 0.717) is 18.4 Å². The Morgan fingerprint density at radius 1 is 1.47 bits per heavy atom. The molecule has 1 aromatic carbocycles. The van der Waals surface area contributed by atoms with Crippen LogP contribution in [0, 0.1) is 11.7 Å². The second kappa shape index (κ2) is 5.81. The maximum atomic E-state index is 13.3.